The summed E-state index contributed by atoms with van der Waals surface area (Å²) in [5, 5.41) is 8.58. The summed E-state index contributed by atoms with van der Waals surface area (Å²) in [6.45, 7) is 5.64. The Hall–Kier alpha value is -2.42. The number of aryl methyl sites for hydroxylation is 1. The van der Waals surface area contributed by atoms with E-state index in [4.69, 9.17) is 0 Å². The molecular formula is C19H23F3N4O2. The first-order chi connectivity index (χ1) is 13.1. The van der Waals surface area contributed by atoms with Gasteiger partial charge in [-0.05, 0) is 37.8 Å². The second-order valence-electron chi connectivity index (χ2n) is 7.50. The molecule has 1 saturated carbocycles. The minimum atomic E-state index is -4.58. The zero-order valence-electron chi connectivity index (χ0n) is 15.5. The van der Waals surface area contributed by atoms with Crippen LogP contribution in [0.5, 0.6) is 0 Å². The highest BCUT2D eigenvalue weighted by Gasteiger charge is 2.61. The predicted octanol–water partition coefficient (Wildman–Crippen LogP) is 2.55. The number of nitrogens with one attached hydrogen (secondary N) is 3. The lowest BCUT2D eigenvalue weighted by Gasteiger charge is -2.17. The lowest BCUT2D eigenvalue weighted by atomic mass is 9.99. The number of pyridine rings is 1. The standard InChI is InChI=1S/C19H23F3N4O2/c1-3-4-5-15(27)23-10-18-8-12(24-14(18)9-18)17(28)26-16-11(2)6-7-13(25-16)19(20,21)22/h3,6-7,12,14,24H,1,4-5,8-10H2,2H3,(H,23,27)(H,25,26,28)/t12-,14+,18-/m0/s1. The van der Waals surface area contributed by atoms with Crippen molar-refractivity contribution < 1.29 is 22.8 Å². The molecule has 3 rings (SSSR count). The van der Waals surface area contributed by atoms with E-state index in [0.29, 0.717) is 31.4 Å². The Kier molecular flexibility index (Phi) is 5.47. The van der Waals surface area contributed by atoms with Gasteiger partial charge in [0.2, 0.25) is 11.8 Å². The average Bonchev–Trinajstić information content (AvgIpc) is 3.19. The Morgan fingerprint density at radius 1 is 1.39 bits per heavy atom. The number of piperidine rings is 1. The highest BCUT2D eigenvalue weighted by molar-refractivity contribution is 5.95. The molecule has 28 heavy (non-hydrogen) atoms. The average molecular weight is 396 g/mol. The van der Waals surface area contributed by atoms with Crippen molar-refractivity contribution in [2.75, 3.05) is 11.9 Å². The SMILES string of the molecule is C=CCCC(=O)NC[C@@]12C[C@@H](C(=O)Nc3nc(C(F)(F)F)ccc3C)N[C@@H]1C2. The van der Waals surface area contributed by atoms with Crippen molar-refractivity contribution in [1.29, 1.82) is 0 Å². The molecule has 3 atom stereocenters. The van der Waals surface area contributed by atoms with Crippen LogP contribution in [0.3, 0.4) is 0 Å². The van der Waals surface area contributed by atoms with E-state index in [-0.39, 0.29) is 23.2 Å². The highest BCUT2D eigenvalue weighted by Crippen LogP contribution is 2.54. The number of allylic oxidation sites excluding steroid dienone is 1. The fourth-order valence-corrected chi connectivity index (χ4v) is 3.57. The van der Waals surface area contributed by atoms with Crippen LogP contribution in [0.25, 0.3) is 0 Å². The molecule has 2 heterocycles. The monoisotopic (exact) mass is 396 g/mol. The maximum atomic E-state index is 12.8. The molecule has 1 saturated heterocycles. The number of halogens is 3. The van der Waals surface area contributed by atoms with Crippen molar-refractivity contribution in [3.8, 4) is 0 Å². The number of rotatable bonds is 7. The van der Waals surface area contributed by atoms with Gasteiger partial charge in [0.1, 0.15) is 11.5 Å². The topological polar surface area (TPSA) is 83.1 Å². The van der Waals surface area contributed by atoms with Crippen LogP contribution in [0.1, 0.15) is 36.9 Å². The van der Waals surface area contributed by atoms with Crippen LogP contribution in [0, 0.1) is 12.3 Å². The lowest BCUT2D eigenvalue weighted by molar-refractivity contribution is -0.141. The van der Waals surface area contributed by atoms with Crippen LogP contribution in [-0.2, 0) is 15.8 Å². The summed E-state index contributed by atoms with van der Waals surface area (Å²) in [6, 6.07) is 1.77. The minimum absolute atomic E-state index is 0.0587. The molecular weight excluding hydrogens is 373 g/mol. The molecule has 2 amide bonds. The van der Waals surface area contributed by atoms with Crippen molar-refractivity contribution >= 4 is 17.6 Å². The number of carbonyl (C=O) groups excluding carboxylic acids is 2. The molecule has 2 aliphatic rings. The molecule has 9 heteroatoms. The summed E-state index contributed by atoms with van der Waals surface area (Å²) >= 11 is 0. The molecule has 3 N–H and O–H groups in total. The number of hydrogen-bond acceptors (Lipinski definition) is 4. The highest BCUT2D eigenvalue weighted by atomic mass is 19.4. The van der Waals surface area contributed by atoms with Crippen LogP contribution < -0.4 is 16.0 Å². The Balaban J connectivity index is 1.57. The Morgan fingerprint density at radius 2 is 2.14 bits per heavy atom. The number of hydrogen-bond donors (Lipinski definition) is 3. The van der Waals surface area contributed by atoms with Gasteiger partial charge in [-0.15, -0.1) is 6.58 Å². The molecule has 152 valence electrons. The normalized spacial score (nSPS) is 25.7. The summed E-state index contributed by atoms with van der Waals surface area (Å²) in [6.07, 6.45) is -0.535. The molecule has 2 fully saturated rings. The third-order valence-corrected chi connectivity index (χ3v) is 5.36. The first-order valence-electron chi connectivity index (χ1n) is 9.14. The number of carbonyl (C=O) groups is 2. The molecule has 0 aromatic carbocycles. The van der Waals surface area contributed by atoms with E-state index in [1.165, 1.54) is 6.07 Å². The van der Waals surface area contributed by atoms with Crippen LogP contribution in [0.2, 0.25) is 0 Å². The van der Waals surface area contributed by atoms with E-state index in [1.54, 1.807) is 13.0 Å². The second-order valence-corrected chi connectivity index (χ2v) is 7.50. The van der Waals surface area contributed by atoms with Crippen LogP contribution >= 0.6 is 0 Å². The van der Waals surface area contributed by atoms with Crippen LogP contribution in [-0.4, -0.2) is 35.4 Å². The van der Waals surface area contributed by atoms with Gasteiger partial charge in [0.15, 0.2) is 0 Å². The maximum Gasteiger partial charge on any atom is 0.433 e. The van der Waals surface area contributed by atoms with Gasteiger partial charge < -0.3 is 16.0 Å². The summed E-state index contributed by atoms with van der Waals surface area (Å²) in [5.74, 6) is -0.565. The van der Waals surface area contributed by atoms with E-state index in [9.17, 15) is 22.8 Å². The molecule has 0 bridgehead atoms. The molecule has 1 aromatic heterocycles. The summed E-state index contributed by atoms with van der Waals surface area (Å²) in [5.41, 5.74) is -0.759. The Morgan fingerprint density at radius 3 is 2.82 bits per heavy atom. The zero-order chi connectivity index (χ0) is 20.5. The summed E-state index contributed by atoms with van der Waals surface area (Å²) in [7, 11) is 0. The van der Waals surface area contributed by atoms with E-state index in [2.05, 4.69) is 27.5 Å². The van der Waals surface area contributed by atoms with E-state index >= 15 is 0 Å². The molecule has 1 aromatic rings. The number of alkyl halides is 3. The maximum absolute atomic E-state index is 12.8. The molecule has 0 radical (unpaired) electrons. The molecule has 1 aliphatic heterocycles. The number of nitrogens with zero attached hydrogens (tertiary/aromatic N) is 1. The van der Waals surface area contributed by atoms with Gasteiger partial charge in [0.05, 0.1) is 6.04 Å². The van der Waals surface area contributed by atoms with Gasteiger partial charge in [0.25, 0.3) is 0 Å². The van der Waals surface area contributed by atoms with Gasteiger partial charge in [-0.25, -0.2) is 4.98 Å². The van der Waals surface area contributed by atoms with E-state index in [0.717, 1.165) is 12.5 Å². The first kappa shape index (κ1) is 20.3. The summed E-state index contributed by atoms with van der Waals surface area (Å²) in [4.78, 5) is 27.8. The number of aromatic nitrogens is 1. The van der Waals surface area contributed by atoms with E-state index < -0.39 is 23.8 Å². The van der Waals surface area contributed by atoms with Gasteiger partial charge in [-0.2, -0.15) is 13.2 Å². The van der Waals surface area contributed by atoms with Crippen molar-refractivity contribution in [2.45, 2.75) is 50.9 Å². The van der Waals surface area contributed by atoms with Crippen molar-refractivity contribution in [3.63, 3.8) is 0 Å². The van der Waals surface area contributed by atoms with Crippen LogP contribution in [0.15, 0.2) is 24.8 Å². The Bertz CT molecular complexity index is 796. The fourth-order valence-electron chi connectivity index (χ4n) is 3.57. The zero-order valence-corrected chi connectivity index (χ0v) is 15.5. The van der Waals surface area contributed by atoms with Gasteiger partial charge in [-0.3, -0.25) is 9.59 Å². The van der Waals surface area contributed by atoms with Gasteiger partial charge >= 0.3 is 6.18 Å². The lowest BCUT2D eigenvalue weighted by Crippen LogP contribution is -2.38. The fraction of sp³-hybridized carbons (Fsp3) is 0.526. The number of fused-ring (bicyclic) bond motifs is 1. The molecule has 0 unspecified atom stereocenters. The number of anilines is 1. The third-order valence-electron chi connectivity index (χ3n) is 5.36. The minimum Gasteiger partial charge on any atom is -0.355 e. The molecule has 1 aliphatic carbocycles. The van der Waals surface area contributed by atoms with Gasteiger partial charge in [-0.1, -0.05) is 12.1 Å². The molecule has 0 spiro atoms. The first-order valence-corrected chi connectivity index (χ1v) is 9.14. The summed E-state index contributed by atoms with van der Waals surface area (Å²) < 4.78 is 38.5. The third kappa shape index (κ3) is 4.35. The number of amides is 2. The predicted molar refractivity (Wildman–Crippen MR) is 97.4 cm³/mol. The van der Waals surface area contributed by atoms with Crippen molar-refractivity contribution in [2.24, 2.45) is 5.41 Å². The van der Waals surface area contributed by atoms with E-state index in [1.807, 2.05) is 0 Å². The molecule has 6 nitrogen and oxygen atoms in total. The van der Waals surface area contributed by atoms with Gasteiger partial charge in [0, 0.05) is 24.4 Å². The van der Waals surface area contributed by atoms with Crippen molar-refractivity contribution in [1.82, 2.24) is 15.6 Å². The Labute approximate surface area is 161 Å². The quantitative estimate of drug-likeness (QED) is 0.619. The second kappa shape index (κ2) is 7.54. The van der Waals surface area contributed by atoms with Crippen molar-refractivity contribution in [3.05, 3.63) is 36.0 Å². The largest absolute Gasteiger partial charge is 0.433 e. The van der Waals surface area contributed by atoms with Crippen LogP contribution in [0.4, 0.5) is 19.0 Å². The smallest absolute Gasteiger partial charge is 0.355 e.